The van der Waals surface area contributed by atoms with Crippen LogP contribution in [0.4, 0.5) is 4.79 Å². The van der Waals surface area contributed by atoms with E-state index in [-0.39, 0.29) is 25.0 Å². The summed E-state index contributed by atoms with van der Waals surface area (Å²) in [4.78, 5) is 22.5. The number of nitrogens with one attached hydrogen (secondary N) is 3. The van der Waals surface area contributed by atoms with Gasteiger partial charge in [0.25, 0.3) is 0 Å². The third-order valence-electron chi connectivity index (χ3n) is 2.19. The first-order chi connectivity index (χ1) is 7.81. The molecule has 0 bridgehead atoms. The van der Waals surface area contributed by atoms with Gasteiger partial charge in [0.05, 0.1) is 18.7 Å². The highest BCUT2D eigenvalue weighted by Crippen LogP contribution is 2.08. The van der Waals surface area contributed by atoms with Crippen molar-refractivity contribution in [1.82, 2.24) is 16.2 Å². The predicted molar refractivity (Wildman–Crippen MR) is 59.9 cm³/mol. The quantitative estimate of drug-likeness (QED) is 0.525. The molecule has 0 spiro atoms. The molecule has 98 valence electrons. The van der Waals surface area contributed by atoms with E-state index in [1.165, 1.54) is 0 Å². The summed E-state index contributed by atoms with van der Waals surface area (Å²) < 4.78 is 5.06. The fourth-order valence-electron chi connectivity index (χ4n) is 1.45. The first-order valence-corrected chi connectivity index (χ1v) is 5.46. The van der Waals surface area contributed by atoms with Crippen LogP contribution in [0.5, 0.6) is 0 Å². The Kier molecular flexibility index (Phi) is 4.30. The zero-order chi connectivity index (χ0) is 13.1. The molecular formula is C10H19N3O4. The van der Waals surface area contributed by atoms with Crippen LogP contribution in [-0.2, 0) is 9.53 Å². The number of hydrogen-bond acceptors (Lipinski definition) is 5. The maximum absolute atomic E-state index is 11.5. The molecule has 1 rings (SSSR count). The van der Waals surface area contributed by atoms with Crippen LogP contribution < -0.4 is 16.2 Å². The van der Waals surface area contributed by atoms with E-state index in [2.05, 4.69) is 16.2 Å². The Labute approximate surface area is 99.9 Å². The lowest BCUT2D eigenvalue weighted by atomic mass is 10.1. The Morgan fingerprint density at radius 2 is 2.29 bits per heavy atom. The highest BCUT2D eigenvalue weighted by molar-refractivity contribution is 5.78. The molecule has 2 unspecified atom stereocenters. The first-order valence-electron chi connectivity index (χ1n) is 5.46. The number of aliphatic hydroxyl groups is 1. The first kappa shape index (κ1) is 13.7. The number of aliphatic hydroxyl groups excluding tert-OH is 1. The lowest BCUT2D eigenvalue weighted by Gasteiger charge is -2.25. The van der Waals surface area contributed by atoms with Crippen LogP contribution in [0.2, 0.25) is 0 Å². The summed E-state index contributed by atoms with van der Waals surface area (Å²) in [7, 11) is 0. The molecule has 7 heteroatoms. The summed E-state index contributed by atoms with van der Waals surface area (Å²) in [6.07, 6.45) is -0.404. The lowest BCUT2D eigenvalue weighted by molar-refractivity contribution is -0.119. The minimum atomic E-state index is -0.613. The van der Waals surface area contributed by atoms with Gasteiger partial charge in [0.2, 0.25) is 5.91 Å². The van der Waals surface area contributed by atoms with Crippen molar-refractivity contribution in [2.45, 2.75) is 44.9 Å². The molecule has 0 aromatic rings. The molecule has 2 atom stereocenters. The number of ether oxygens (including phenoxy) is 1. The van der Waals surface area contributed by atoms with Gasteiger partial charge in [0.1, 0.15) is 5.60 Å². The molecule has 0 aromatic carbocycles. The summed E-state index contributed by atoms with van der Waals surface area (Å²) in [5, 5.41) is 11.7. The normalized spacial score (nSPS) is 21.9. The van der Waals surface area contributed by atoms with E-state index >= 15 is 0 Å². The molecule has 7 nitrogen and oxygen atoms in total. The van der Waals surface area contributed by atoms with Crippen LogP contribution in [0.25, 0.3) is 0 Å². The second-order valence-corrected chi connectivity index (χ2v) is 4.94. The van der Waals surface area contributed by atoms with Gasteiger partial charge in [-0.3, -0.25) is 10.2 Å². The lowest BCUT2D eigenvalue weighted by Crippen LogP contribution is -2.52. The van der Waals surface area contributed by atoms with Crippen molar-refractivity contribution in [2.75, 3.05) is 6.61 Å². The fourth-order valence-corrected chi connectivity index (χ4v) is 1.45. The zero-order valence-electron chi connectivity index (χ0n) is 10.2. The number of carbonyl (C=O) groups is 2. The van der Waals surface area contributed by atoms with E-state index in [0.29, 0.717) is 0 Å². The van der Waals surface area contributed by atoms with E-state index in [1.54, 1.807) is 20.8 Å². The smallest absolute Gasteiger partial charge is 0.408 e. The zero-order valence-corrected chi connectivity index (χ0v) is 10.2. The maximum Gasteiger partial charge on any atom is 0.408 e. The van der Waals surface area contributed by atoms with Crippen molar-refractivity contribution in [3.05, 3.63) is 0 Å². The molecule has 0 aromatic heterocycles. The van der Waals surface area contributed by atoms with E-state index in [9.17, 15) is 14.7 Å². The number of carbonyl (C=O) groups excluding carboxylic acids is 2. The van der Waals surface area contributed by atoms with Crippen molar-refractivity contribution in [3.8, 4) is 0 Å². The Hall–Kier alpha value is -1.34. The van der Waals surface area contributed by atoms with Gasteiger partial charge in [-0.1, -0.05) is 0 Å². The van der Waals surface area contributed by atoms with Crippen molar-refractivity contribution < 1.29 is 19.4 Å². The minimum Gasteiger partial charge on any atom is -0.444 e. The standard InChI is InChI=1S/C10H19N3O4/c1-10(2,3)17-9(16)11-7(5-14)6-4-8(15)13-12-6/h6-7,12,14H,4-5H2,1-3H3,(H,11,16)(H,13,15). The van der Waals surface area contributed by atoms with E-state index in [4.69, 9.17) is 4.74 Å². The summed E-state index contributed by atoms with van der Waals surface area (Å²) in [6, 6.07) is -0.899. The molecule has 0 aliphatic carbocycles. The minimum absolute atomic E-state index is 0.167. The molecule has 2 amide bonds. The monoisotopic (exact) mass is 245 g/mol. The predicted octanol–water partition coefficient (Wildman–Crippen LogP) is -0.735. The molecule has 1 aliphatic rings. The van der Waals surface area contributed by atoms with Gasteiger partial charge < -0.3 is 15.2 Å². The van der Waals surface area contributed by atoms with E-state index in [1.807, 2.05) is 0 Å². The van der Waals surface area contributed by atoms with Gasteiger partial charge in [-0.15, -0.1) is 0 Å². The number of amides is 2. The average Bonchev–Trinajstić information content (AvgIpc) is 2.58. The van der Waals surface area contributed by atoms with Crippen LogP contribution in [0.15, 0.2) is 0 Å². The summed E-state index contributed by atoms with van der Waals surface area (Å²) in [5.74, 6) is -0.167. The van der Waals surface area contributed by atoms with E-state index in [0.717, 1.165) is 0 Å². The highest BCUT2D eigenvalue weighted by atomic mass is 16.6. The molecule has 4 N–H and O–H groups in total. The molecule has 1 fully saturated rings. The number of alkyl carbamates (subject to hydrolysis) is 1. The van der Waals surface area contributed by atoms with Crippen LogP contribution in [-0.4, -0.2) is 41.4 Å². The maximum atomic E-state index is 11.5. The number of hydrogen-bond donors (Lipinski definition) is 4. The molecule has 0 radical (unpaired) electrons. The molecule has 1 saturated heterocycles. The van der Waals surface area contributed by atoms with Crippen molar-refractivity contribution in [2.24, 2.45) is 0 Å². The van der Waals surface area contributed by atoms with Gasteiger partial charge in [-0.25, -0.2) is 10.2 Å². The van der Waals surface area contributed by atoms with Gasteiger partial charge >= 0.3 is 6.09 Å². The summed E-state index contributed by atoms with van der Waals surface area (Å²) in [5.41, 5.74) is 4.51. The molecule has 1 heterocycles. The molecule has 17 heavy (non-hydrogen) atoms. The topological polar surface area (TPSA) is 99.7 Å². The van der Waals surface area contributed by atoms with Crippen LogP contribution in [0, 0.1) is 0 Å². The molecule has 1 aliphatic heterocycles. The summed E-state index contributed by atoms with van der Waals surface area (Å²) in [6.45, 7) is 4.98. The SMILES string of the molecule is CC(C)(C)OC(=O)NC(CO)C1CC(=O)NN1. The second-order valence-electron chi connectivity index (χ2n) is 4.94. The average molecular weight is 245 g/mol. The largest absolute Gasteiger partial charge is 0.444 e. The highest BCUT2D eigenvalue weighted by Gasteiger charge is 2.30. The number of rotatable bonds is 3. The van der Waals surface area contributed by atoms with Crippen LogP contribution in [0.3, 0.4) is 0 Å². The van der Waals surface area contributed by atoms with Crippen molar-refractivity contribution >= 4 is 12.0 Å². The fraction of sp³-hybridized carbons (Fsp3) is 0.800. The van der Waals surface area contributed by atoms with Crippen LogP contribution >= 0.6 is 0 Å². The van der Waals surface area contributed by atoms with Crippen molar-refractivity contribution in [1.29, 1.82) is 0 Å². The second kappa shape index (κ2) is 5.33. The number of hydrazine groups is 1. The molecule has 0 saturated carbocycles. The third-order valence-corrected chi connectivity index (χ3v) is 2.19. The Morgan fingerprint density at radius 1 is 1.65 bits per heavy atom. The summed E-state index contributed by atoms with van der Waals surface area (Å²) >= 11 is 0. The van der Waals surface area contributed by atoms with Crippen molar-refractivity contribution in [3.63, 3.8) is 0 Å². The van der Waals surface area contributed by atoms with E-state index < -0.39 is 17.7 Å². The van der Waals surface area contributed by atoms with Gasteiger partial charge in [-0.2, -0.15) is 0 Å². The third kappa shape index (κ3) is 4.58. The van der Waals surface area contributed by atoms with Crippen LogP contribution in [0.1, 0.15) is 27.2 Å². The van der Waals surface area contributed by atoms with Gasteiger partial charge in [0, 0.05) is 6.42 Å². The molecular weight excluding hydrogens is 226 g/mol. The van der Waals surface area contributed by atoms with Gasteiger partial charge in [0.15, 0.2) is 0 Å². The Balaban J connectivity index is 2.47. The Morgan fingerprint density at radius 3 is 2.71 bits per heavy atom. The van der Waals surface area contributed by atoms with Gasteiger partial charge in [-0.05, 0) is 20.8 Å². The Bertz CT molecular complexity index is 300.